The largest absolute Gasteiger partial charge is 0.494 e. The molecule has 0 spiro atoms. The Morgan fingerprint density at radius 1 is 1.25 bits per heavy atom. The topological polar surface area (TPSA) is 76.7 Å². The molecule has 3 aromatic rings. The maximum atomic E-state index is 13.1. The lowest BCUT2D eigenvalue weighted by Gasteiger charge is -2.08. The van der Waals surface area contributed by atoms with Gasteiger partial charge in [0.05, 0.1) is 11.3 Å². The van der Waals surface area contributed by atoms with Gasteiger partial charge in [-0.3, -0.25) is 4.79 Å². The Morgan fingerprint density at radius 2 is 2.00 bits per heavy atom. The second-order valence-corrected chi connectivity index (χ2v) is 6.08. The van der Waals surface area contributed by atoms with Gasteiger partial charge in [0.25, 0.3) is 0 Å². The molecular formula is C17H13FO5S. The zero-order valence-electron chi connectivity index (χ0n) is 12.5. The van der Waals surface area contributed by atoms with Gasteiger partial charge in [-0.2, -0.15) is 0 Å². The summed E-state index contributed by atoms with van der Waals surface area (Å²) in [7, 11) is 0. The lowest BCUT2D eigenvalue weighted by molar-refractivity contribution is -0.137. The van der Waals surface area contributed by atoms with Gasteiger partial charge in [0.15, 0.2) is 5.58 Å². The summed E-state index contributed by atoms with van der Waals surface area (Å²) in [5.74, 6) is -0.735. The van der Waals surface area contributed by atoms with E-state index < -0.39 is 10.9 Å². The quantitative estimate of drug-likeness (QED) is 0.684. The fourth-order valence-electron chi connectivity index (χ4n) is 2.29. The first-order chi connectivity index (χ1) is 11.5. The minimum absolute atomic E-state index is 0.0199. The molecule has 3 rings (SSSR count). The maximum absolute atomic E-state index is 13.1. The highest BCUT2D eigenvalue weighted by Crippen LogP contribution is 2.34. The molecule has 0 aliphatic rings. The number of aliphatic carboxylic acids is 1. The van der Waals surface area contributed by atoms with Crippen molar-refractivity contribution in [2.75, 3.05) is 6.61 Å². The number of benzene rings is 2. The van der Waals surface area contributed by atoms with Crippen LogP contribution in [0.3, 0.4) is 0 Å². The van der Waals surface area contributed by atoms with E-state index in [9.17, 15) is 14.0 Å². The molecule has 24 heavy (non-hydrogen) atoms. The highest BCUT2D eigenvalue weighted by Gasteiger charge is 2.13. The Kier molecular flexibility index (Phi) is 4.61. The van der Waals surface area contributed by atoms with Crippen molar-refractivity contribution in [1.82, 2.24) is 0 Å². The number of carboxylic acid groups (broad SMARTS) is 1. The predicted molar refractivity (Wildman–Crippen MR) is 88.1 cm³/mol. The molecule has 0 fully saturated rings. The van der Waals surface area contributed by atoms with Gasteiger partial charge in [-0.15, -0.1) is 0 Å². The molecule has 1 aromatic heterocycles. The predicted octanol–water partition coefficient (Wildman–Crippen LogP) is 3.90. The van der Waals surface area contributed by atoms with Crippen molar-refractivity contribution in [1.29, 1.82) is 0 Å². The lowest BCUT2D eigenvalue weighted by atomic mass is 10.0. The van der Waals surface area contributed by atoms with Crippen LogP contribution in [-0.2, 0) is 4.79 Å². The van der Waals surface area contributed by atoms with Gasteiger partial charge in [-0.25, -0.2) is 9.18 Å². The molecule has 0 atom stereocenters. The first kappa shape index (κ1) is 16.2. The zero-order chi connectivity index (χ0) is 17.1. The second-order valence-electron chi connectivity index (χ2n) is 5.10. The molecule has 0 bridgehead atoms. The van der Waals surface area contributed by atoms with Gasteiger partial charge in [0.1, 0.15) is 11.6 Å². The van der Waals surface area contributed by atoms with E-state index in [-0.39, 0.29) is 18.8 Å². The van der Waals surface area contributed by atoms with E-state index >= 15 is 0 Å². The van der Waals surface area contributed by atoms with Gasteiger partial charge in [0.2, 0.25) is 0 Å². The summed E-state index contributed by atoms with van der Waals surface area (Å²) in [5.41, 5.74) is 1.74. The van der Waals surface area contributed by atoms with Crippen molar-refractivity contribution in [2.45, 2.75) is 12.8 Å². The molecule has 2 aromatic carbocycles. The van der Waals surface area contributed by atoms with Crippen LogP contribution in [0.5, 0.6) is 5.75 Å². The van der Waals surface area contributed by atoms with Crippen molar-refractivity contribution >= 4 is 27.6 Å². The van der Waals surface area contributed by atoms with Crippen molar-refractivity contribution < 1.29 is 23.4 Å². The van der Waals surface area contributed by atoms with Gasteiger partial charge in [-0.1, -0.05) is 23.5 Å². The summed E-state index contributed by atoms with van der Waals surface area (Å²) >= 11 is 0.952. The van der Waals surface area contributed by atoms with Crippen LogP contribution in [-0.4, -0.2) is 17.7 Å². The van der Waals surface area contributed by atoms with Crippen LogP contribution >= 0.6 is 11.3 Å². The molecule has 0 amide bonds. The molecule has 5 nitrogen and oxygen atoms in total. The fraction of sp³-hybridized carbons (Fsp3) is 0.176. The number of fused-ring (bicyclic) bond motifs is 1. The molecule has 124 valence electrons. The second kappa shape index (κ2) is 6.84. The van der Waals surface area contributed by atoms with E-state index in [1.807, 2.05) is 0 Å². The highest BCUT2D eigenvalue weighted by atomic mass is 32.1. The normalized spacial score (nSPS) is 10.9. The minimum atomic E-state index is -0.880. The van der Waals surface area contributed by atoms with Crippen LogP contribution in [0.2, 0.25) is 0 Å². The summed E-state index contributed by atoms with van der Waals surface area (Å²) in [5, 5.41) is 8.64. The Hall–Kier alpha value is -2.67. The molecule has 1 N–H and O–H groups in total. The van der Waals surface area contributed by atoms with Gasteiger partial charge < -0.3 is 14.3 Å². The Morgan fingerprint density at radius 3 is 2.71 bits per heavy atom. The van der Waals surface area contributed by atoms with E-state index in [4.69, 9.17) is 14.3 Å². The standard InChI is InChI=1S/C17H13FO5S/c18-11-5-3-10(4-6-11)13-8-12(22-7-1-2-15(19)20)9-14-16(13)23-17(21)24-14/h3-6,8-9H,1-2,7H2,(H,19,20). The molecule has 0 saturated heterocycles. The average Bonchev–Trinajstić information content (AvgIpc) is 2.91. The molecule has 0 radical (unpaired) electrons. The highest BCUT2D eigenvalue weighted by molar-refractivity contribution is 7.16. The molecule has 1 heterocycles. The summed E-state index contributed by atoms with van der Waals surface area (Å²) in [4.78, 5) is 21.6. The summed E-state index contributed by atoms with van der Waals surface area (Å²) < 4.78 is 24.6. The molecule has 0 unspecified atom stereocenters. The van der Waals surface area contributed by atoms with Gasteiger partial charge in [0, 0.05) is 18.1 Å². The maximum Gasteiger partial charge on any atom is 0.396 e. The summed E-state index contributed by atoms with van der Waals surface area (Å²) in [6, 6.07) is 9.22. The van der Waals surface area contributed by atoms with Crippen LogP contribution in [0.4, 0.5) is 4.39 Å². The van der Waals surface area contributed by atoms with Crippen LogP contribution in [0, 0.1) is 5.82 Å². The van der Waals surface area contributed by atoms with Crippen molar-refractivity contribution in [3.8, 4) is 16.9 Å². The SMILES string of the molecule is O=C(O)CCCOc1cc(-c2ccc(F)cc2)c2oc(=O)sc2c1. The Bertz CT molecular complexity index is 926. The van der Waals surface area contributed by atoms with Crippen molar-refractivity contribution in [2.24, 2.45) is 0 Å². The molecular weight excluding hydrogens is 335 g/mol. The number of ether oxygens (including phenoxy) is 1. The third-order valence-corrected chi connectivity index (χ3v) is 4.14. The molecule has 0 aliphatic carbocycles. The third-order valence-electron chi connectivity index (χ3n) is 3.37. The number of hydrogen-bond donors (Lipinski definition) is 1. The smallest absolute Gasteiger partial charge is 0.396 e. The van der Waals surface area contributed by atoms with Crippen LogP contribution < -0.4 is 9.68 Å². The van der Waals surface area contributed by atoms with E-state index in [1.54, 1.807) is 24.3 Å². The first-order valence-electron chi connectivity index (χ1n) is 7.21. The van der Waals surface area contributed by atoms with Crippen LogP contribution in [0.25, 0.3) is 21.4 Å². The lowest BCUT2D eigenvalue weighted by Crippen LogP contribution is -2.02. The number of hydrogen-bond acceptors (Lipinski definition) is 5. The Balaban J connectivity index is 1.95. The van der Waals surface area contributed by atoms with Crippen LogP contribution in [0.1, 0.15) is 12.8 Å². The van der Waals surface area contributed by atoms with Gasteiger partial charge in [-0.05, 0) is 30.2 Å². The molecule has 0 aliphatic heterocycles. The minimum Gasteiger partial charge on any atom is -0.494 e. The number of halogens is 1. The summed E-state index contributed by atoms with van der Waals surface area (Å²) in [6.45, 7) is 0.243. The number of carboxylic acids is 1. The van der Waals surface area contributed by atoms with E-state index in [1.165, 1.54) is 12.1 Å². The summed E-state index contributed by atoms with van der Waals surface area (Å²) in [6.07, 6.45) is 0.396. The fourth-order valence-corrected chi connectivity index (χ4v) is 3.02. The molecule has 0 saturated carbocycles. The zero-order valence-corrected chi connectivity index (χ0v) is 13.3. The number of carbonyl (C=O) groups is 1. The van der Waals surface area contributed by atoms with Crippen molar-refractivity contribution in [3.63, 3.8) is 0 Å². The van der Waals surface area contributed by atoms with E-state index in [2.05, 4.69) is 0 Å². The first-order valence-corrected chi connectivity index (χ1v) is 8.03. The molecule has 7 heteroatoms. The van der Waals surface area contributed by atoms with Gasteiger partial charge >= 0.3 is 10.9 Å². The van der Waals surface area contributed by atoms with E-state index in [0.29, 0.717) is 33.6 Å². The third kappa shape index (κ3) is 3.62. The Labute approximate surface area is 139 Å². The van der Waals surface area contributed by atoms with Crippen LogP contribution in [0.15, 0.2) is 45.6 Å². The van der Waals surface area contributed by atoms with Crippen molar-refractivity contribution in [3.05, 3.63) is 51.9 Å². The number of rotatable bonds is 6. The van der Waals surface area contributed by atoms with E-state index in [0.717, 1.165) is 11.3 Å². The average molecular weight is 348 g/mol. The monoisotopic (exact) mass is 348 g/mol.